The second-order valence-electron chi connectivity index (χ2n) is 5.00. The van der Waals surface area contributed by atoms with Gasteiger partial charge in [0.25, 0.3) is 0 Å². The molecular weight excluding hydrogens is 148 g/mol. The van der Waals surface area contributed by atoms with Crippen LogP contribution >= 0.6 is 0 Å². The van der Waals surface area contributed by atoms with E-state index in [1.165, 1.54) is 12.8 Å². The third-order valence-electron chi connectivity index (χ3n) is 2.89. The Morgan fingerprint density at radius 1 is 1.42 bits per heavy atom. The maximum absolute atomic E-state index is 5.68. The fourth-order valence-corrected chi connectivity index (χ4v) is 1.87. The second-order valence-corrected chi connectivity index (χ2v) is 5.00. The predicted molar refractivity (Wildman–Crippen MR) is 53.0 cm³/mol. The van der Waals surface area contributed by atoms with Gasteiger partial charge in [-0.15, -0.1) is 0 Å². The molecule has 0 bridgehead atoms. The second kappa shape index (κ2) is 3.75. The summed E-state index contributed by atoms with van der Waals surface area (Å²) in [6, 6.07) is 0.653. The van der Waals surface area contributed by atoms with Gasteiger partial charge >= 0.3 is 0 Å². The lowest BCUT2D eigenvalue weighted by Crippen LogP contribution is -2.47. The molecule has 1 fully saturated rings. The lowest BCUT2D eigenvalue weighted by Gasteiger charge is -2.38. The van der Waals surface area contributed by atoms with Crippen LogP contribution in [0, 0.1) is 11.3 Å². The van der Waals surface area contributed by atoms with Crippen molar-refractivity contribution >= 4 is 0 Å². The molecule has 1 rings (SSSR count). The molecule has 72 valence electrons. The summed E-state index contributed by atoms with van der Waals surface area (Å²) in [6.45, 7) is 8.88. The van der Waals surface area contributed by atoms with E-state index in [-0.39, 0.29) is 0 Å². The van der Waals surface area contributed by atoms with Crippen LogP contribution < -0.4 is 11.1 Å². The Labute approximate surface area is 75.9 Å². The third-order valence-corrected chi connectivity index (χ3v) is 2.89. The highest BCUT2D eigenvalue weighted by Gasteiger charge is 2.29. The molecule has 1 aliphatic rings. The highest BCUT2D eigenvalue weighted by atomic mass is 14.9. The number of rotatable bonds is 1. The van der Waals surface area contributed by atoms with Gasteiger partial charge in [0.15, 0.2) is 0 Å². The van der Waals surface area contributed by atoms with E-state index in [1.807, 2.05) is 0 Å². The van der Waals surface area contributed by atoms with Crippen LogP contribution in [0.4, 0.5) is 0 Å². The van der Waals surface area contributed by atoms with Crippen LogP contribution in [0.15, 0.2) is 0 Å². The van der Waals surface area contributed by atoms with Gasteiger partial charge in [0.05, 0.1) is 0 Å². The van der Waals surface area contributed by atoms with Crippen LogP contribution in [-0.4, -0.2) is 19.1 Å². The van der Waals surface area contributed by atoms with Gasteiger partial charge in [0.2, 0.25) is 0 Å². The first kappa shape index (κ1) is 10.0. The van der Waals surface area contributed by atoms with E-state index in [2.05, 4.69) is 26.1 Å². The smallest absolute Gasteiger partial charge is 0.0119 e. The number of piperidine rings is 1. The topological polar surface area (TPSA) is 38.0 Å². The SMILES string of the molecule is CC(C)(C)C1CC(CN)CCN1. The van der Waals surface area contributed by atoms with E-state index in [4.69, 9.17) is 5.73 Å². The molecule has 0 spiro atoms. The molecule has 0 aromatic heterocycles. The summed E-state index contributed by atoms with van der Waals surface area (Å²) in [4.78, 5) is 0. The summed E-state index contributed by atoms with van der Waals surface area (Å²) < 4.78 is 0. The fraction of sp³-hybridized carbons (Fsp3) is 1.00. The van der Waals surface area contributed by atoms with Gasteiger partial charge in [-0.05, 0) is 37.3 Å². The highest BCUT2D eigenvalue weighted by Crippen LogP contribution is 2.28. The quantitative estimate of drug-likeness (QED) is 0.623. The van der Waals surface area contributed by atoms with Crippen molar-refractivity contribution in [3.8, 4) is 0 Å². The molecule has 0 aliphatic carbocycles. The summed E-state index contributed by atoms with van der Waals surface area (Å²) in [6.07, 6.45) is 2.50. The van der Waals surface area contributed by atoms with Gasteiger partial charge in [-0.1, -0.05) is 20.8 Å². The predicted octanol–water partition coefficient (Wildman–Crippen LogP) is 1.36. The molecule has 1 saturated heterocycles. The van der Waals surface area contributed by atoms with E-state index in [0.29, 0.717) is 11.5 Å². The van der Waals surface area contributed by atoms with Crippen molar-refractivity contribution in [2.45, 2.75) is 39.7 Å². The molecule has 0 amide bonds. The molecule has 1 aliphatic heterocycles. The van der Waals surface area contributed by atoms with Crippen LogP contribution in [0.3, 0.4) is 0 Å². The van der Waals surface area contributed by atoms with Crippen molar-refractivity contribution in [3.05, 3.63) is 0 Å². The maximum atomic E-state index is 5.68. The number of nitrogens with one attached hydrogen (secondary N) is 1. The average molecular weight is 170 g/mol. The number of hydrogen-bond acceptors (Lipinski definition) is 2. The van der Waals surface area contributed by atoms with Gasteiger partial charge < -0.3 is 11.1 Å². The van der Waals surface area contributed by atoms with E-state index < -0.39 is 0 Å². The minimum absolute atomic E-state index is 0.383. The summed E-state index contributed by atoms with van der Waals surface area (Å²) in [5.41, 5.74) is 6.06. The molecule has 2 heteroatoms. The Morgan fingerprint density at radius 2 is 2.08 bits per heavy atom. The van der Waals surface area contributed by atoms with Crippen LogP contribution in [0.2, 0.25) is 0 Å². The van der Waals surface area contributed by atoms with Crippen LogP contribution in [0.1, 0.15) is 33.6 Å². The number of nitrogens with two attached hydrogens (primary N) is 1. The Bertz CT molecular complexity index is 137. The lowest BCUT2D eigenvalue weighted by molar-refractivity contribution is 0.188. The Morgan fingerprint density at radius 3 is 2.58 bits per heavy atom. The minimum atomic E-state index is 0.383. The van der Waals surface area contributed by atoms with Gasteiger partial charge in [0, 0.05) is 6.04 Å². The van der Waals surface area contributed by atoms with Crippen LogP contribution in [0.5, 0.6) is 0 Å². The van der Waals surface area contributed by atoms with E-state index in [0.717, 1.165) is 19.0 Å². The van der Waals surface area contributed by atoms with Crippen LogP contribution in [0.25, 0.3) is 0 Å². The first-order valence-corrected chi connectivity index (χ1v) is 4.97. The van der Waals surface area contributed by atoms with Gasteiger partial charge in [-0.2, -0.15) is 0 Å². The van der Waals surface area contributed by atoms with Gasteiger partial charge in [-0.25, -0.2) is 0 Å². The first-order chi connectivity index (χ1) is 5.54. The molecule has 12 heavy (non-hydrogen) atoms. The summed E-state index contributed by atoms with van der Waals surface area (Å²) in [7, 11) is 0. The molecule has 0 saturated carbocycles. The zero-order chi connectivity index (χ0) is 9.19. The van der Waals surface area contributed by atoms with Crippen LogP contribution in [-0.2, 0) is 0 Å². The molecule has 1 heterocycles. The van der Waals surface area contributed by atoms with Crippen molar-refractivity contribution in [2.75, 3.05) is 13.1 Å². The van der Waals surface area contributed by atoms with E-state index in [9.17, 15) is 0 Å². The highest BCUT2D eigenvalue weighted by molar-refractivity contribution is 4.86. The summed E-state index contributed by atoms with van der Waals surface area (Å²) in [5, 5.41) is 3.57. The maximum Gasteiger partial charge on any atom is 0.0119 e. The normalized spacial score (nSPS) is 32.0. The fourth-order valence-electron chi connectivity index (χ4n) is 1.87. The molecular formula is C10H22N2. The molecule has 0 aromatic rings. The Hall–Kier alpha value is -0.0800. The summed E-state index contributed by atoms with van der Waals surface area (Å²) >= 11 is 0. The monoisotopic (exact) mass is 170 g/mol. The zero-order valence-corrected chi connectivity index (χ0v) is 8.56. The third kappa shape index (κ3) is 2.46. The van der Waals surface area contributed by atoms with Gasteiger partial charge in [0.1, 0.15) is 0 Å². The van der Waals surface area contributed by atoms with E-state index >= 15 is 0 Å². The van der Waals surface area contributed by atoms with Crippen molar-refractivity contribution in [3.63, 3.8) is 0 Å². The zero-order valence-electron chi connectivity index (χ0n) is 8.56. The minimum Gasteiger partial charge on any atom is -0.330 e. The molecule has 0 aromatic carbocycles. The molecule has 3 N–H and O–H groups in total. The molecule has 0 radical (unpaired) electrons. The van der Waals surface area contributed by atoms with Gasteiger partial charge in [-0.3, -0.25) is 0 Å². The van der Waals surface area contributed by atoms with Crippen molar-refractivity contribution in [1.82, 2.24) is 5.32 Å². The van der Waals surface area contributed by atoms with Crippen molar-refractivity contribution in [1.29, 1.82) is 0 Å². The average Bonchev–Trinajstić information content (AvgIpc) is 2.03. The lowest BCUT2D eigenvalue weighted by atomic mass is 9.78. The van der Waals surface area contributed by atoms with E-state index in [1.54, 1.807) is 0 Å². The van der Waals surface area contributed by atoms with Crippen molar-refractivity contribution < 1.29 is 0 Å². The molecule has 2 unspecified atom stereocenters. The molecule has 2 atom stereocenters. The largest absolute Gasteiger partial charge is 0.330 e. The molecule has 2 nitrogen and oxygen atoms in total. The number of hydrogen-bond donors (Lipinski definition) is 2. The Balaban J connectivity index is 2.46. The van der Waals surface area contributed by atoms with Crippen molar-refractivity contribution in [2.24, 2.45) is 17.1 Å². The standard InChI is InChI=1S/C10H22N2/c1-10(2,3)9-6-8(7-11)4-5-12-9/h8-9,12H,4-7,11H2,1-3H3. The Kier molecular flexibility index (Phi) is 3.13. The first-order valence-electron chi connectivity index (χ1n) is 4.97. The summed E-state index contributed by atoms with van der Waals surface area (Å²) in [5.74, 6) is 0.746.